The second kappa shape index (κ2) is 39.5. The normalized spacial score (nSPS) is 24.5. The number of fused-ring (bicyclic) bond motifs is 7. The standard InChI is InChI=1S/C68H95N3O22/c1-67-47-58(74)65-55-12-10-54(73)45-52(55)9-11-56(65)57(67)46-60-68(67,59(75)48-72)93-66(92-60)51-7-5-49(6-8-51)43-50-3-2-4-53(44-50)70-62(77)16-19-80-21-23-82-25-27-84-29-31-86-33-35-88-37-39-90-41-42-91-40-38-89-36-34-87-32-30-85-28-26-83-24-22-81-20-17-69-61(76)15-18-71-63(78)13-14-64(71)79/h2-8,10,12-14,44-45,55-58,60,65-66,72,74H,9,11,15-43,46-48H2,1H3,(H,69,76)(H,70,77)/t55-,56?,57?,58-,60?,65?,66+,67-,68+/m0/s1. The Kier molecular flexibility index (Phi) is 31.1. The number of rotatable bonds is 48. The summed E-state index contributed by atoms with van der Waals surface area (Å²) >= 11 is 0. The number of benzene rings is 2. The second-order valence-electron chi connectivity index (χ2n) is 23.7. The maximum atomic E-state index is 13.9. The molecular weight excluding hydrogens is 1210 g/mol. The fourth-order valence-electron chi connectivity index (χ4n) is 13.3. The zero-order valence-corrected chi connectivity index (χ0v) is 53.6. The summed E-state index contributed by atoms with van der Waals surface area (Å²) in [5, 5.41) is 27.8. The lowest BCUT2D eigenvalue weighted by molar-refractivity contribution is -0.197. The van der Waals surface area contributed by atoms with Crippen LogP contribution in [0.25, 0.3) is 0 Å². The Morgan fingerprint density at radius 1 is 0.624 bits per heavy atom. The van der Waals surface area contributed by atoms with E-state index in [2.05, 4.69) is 10.6 Å². The first-order chi connectivity index (χ1) is 45.4. The molecule has 2 aliphatic heterocycles. The van der Waals surface area contributed by atoms with E-state index in [0.717, 1.165) is 40.0 Å². The van der Waals surface area contributed by atoms with E-state index in [1.54, 1.807) is 12.2 Å². The predicted molar refractivity (Wildman–Crippen MR) is 335 cm³/mol. The van der Waals surface area contributed by atoms with Gasteiger partial charge in [0.1, 0.15) is 6.61 Å². The van der Waals surface area contributed by atoms with Crippen molar-refractivity contribution < 1.29 is 105 Å². The Labute approximate surface area is 544 Å². The van der Waals surface area contributed by atoms with E-state index < -0.39 is 53.7 Å². The molecule has 8 rings (SSSR count). The van der Waals surface area contributed by atoms with Crippen molar-refractivity contribution in [2.24, 2.45) is 29.1 Å². The fraction of sp³-hybridized carbons (Fsp3) is 0.647. The number of aliphatic hydroxyl groups excluding tert-OH is 2. The number of amides is 4. The molecule has 4 N–H and O–H groups in total. The van der Waals surface area contributed by atoms with Gasteiger partial charge in [-0.05, 0) is 85.3 Å². The van der Waals surface area contributed by atoms with Crippen molar-refractivity contribution >= 4 is 40.9 Å². The van der Waals surface area contributed by atoms with Crippen LogP contribution in [0.1, 0.15) is 68.4 Å². The quantitative estimate of drug-likeness (QED) is 0.0545. The summed E-state index contributed by atoms with van der Waals surface area (Å²) in [6.07, 6.45) is 8.85. The van der Waals surface area contributed by atoms with Crippen molar-refractivity contribution in [2.45, 2.75) is 76.0 Å². The zero-order chi connectivity index (χ0) is 65.5. The number of carbonyl (C=O) groups excluding carboxylic acids is 6. The van der Waals surface area contributed by atoms with E-state index in [0.29, 0.717) is 183 Å². The number of Topliss-reactive ketones (excluding diaryl/α,β-unsaturated/α-hetero) is 1. The first-order valence-corrected chi connectivity index (χ1v) is 32.7. The Hall–Kier alpha value is -5.56. The molecule has 2 heterocycles. The van der Waals surface area contributed by atoms with Crippen LogP contribution in [0.5, 0.6) is 0 Å². The van der Waals surface area contributed by atoms with Crippen molar-refractivity contribution in [3.8, 4) is 0 Å². The largest absolute Gasteiger partial charge is 0.393 e. The molecule has 0 spiro atoms. The fourth-order valence-corrected chi connectivity index (χ4v) is 13.3. The van der Waals surface area contributed by atoms with E-state index in [4.69, 9.17) is 66.3 Å². The summed E-state index contributed by atoms with van der Waals surface area (Å²) < 4.78 is 79.7. The Morgan fingerprint density at radius 2 is 1.14 bits per heavy atom. The van der Waals surface area contributed by atoms with Crippen LogP contribution >= 0.6 is 0 Å². The van der Waals surface area contributed by atoms with Gasteiger partial charge in [-0.1, -0.05) is 55.0 Å². The third kappa shape index (κ3) is 22.0. The van der Waals surface area contributed by atoms with Gasteiger partial charge in [0.05, 0.1) is 177 Å². The third-order valence-corrected chi connectivity index (χ3v) is 17.7. The Morgan fingerprint density at radius 3 is 1.67 bits per heavy atom. The van der Waals surface area contributed by atoms with Gasteiger partial charge < -0.3 is 87.2 Å². The summed E-state index contributed by atoms with van der Waals surface area (Å²) in [7, 11) is 0. The first-order valence-electron chi connectivity index (χ1n) is 32.7. The van der Waals surface area contributed by atoms with Crippen molar-refractivity contribution in [1.82, 2.24) is 10.2 Å². The van der Waals surface area contributed by atoms with Crippen LogP contribution in [0.4, 0.5) is 5.69 Å². The van der Waals surface area contributed by atoms with Gasteiger partial charge in [-0.2, -0.15) is 0 Å². The van der Waals surface area contributed by atoms with Gasteiger partial charge in [0.25, 0.3) is 11.8 Å². The number of ketones is 2. The van der Waals surface area contributed by atoms with Crippen molar-refractivity contribution in [2.75, 3.05) is 184 Å². The molecule has 4 fully saturated rings. The van der Waals surface area contributed by atoms with E-state index in [1.165, 1.54) is 12.2 Å². The molecule has 6 aliphatic rings. The van der Waals surface area contributed by atoms with Gasteiger partial charge in [-0.15, -0.1) is 0 Å². The lowest BCUT2D eigenvalue weighted by atomic mass is 9.49. The highest BCUT2D eigenvalue weighted by Crippen LogP contribution is 2.69. The van der Waals surface area contributed by atoms with Gasteiger partial charge in [0.2, 0.25) is 11.8 Å². The average Bonchev–Trinajstić information content (AvgIpc) is 1.53. The number of hydrogen-bond donors (Lipinski definition) is 4. The smallest absolute Gasteiger partial charge is 0.253 e. The number of imide groups is 1. The molecule has 25 nitrogen and oxygen atoms in total. The average molecular weight is 1310 g/mol. The molecule has 0 aromatic heterocycles. The summed E-state index contributed by atoms with van der Waals surface area (Å²) in [6, 6.07) is 15.6. The van der Waals surface area contributed by atoms with Crippen molar-refractivity contribution in [1.29, 1.82) is 0 Å². The zero-order valence-electron chi connectivity index (χ0n) is 53.6. The summed E-state index contributed by atoms with van der Waals surface area (Å²) in [4.78, 5) is 74.8. The van der Waals surface area contributed by atoms with Gasteiger partial charge >= 0.3 is 0 Å². The molecule has 4 aliphatic carbocycles. The second-order valence-corrected chi connectivity index (χ2v) is 23.7. The number of allylic oxidation sites excluding steroid dienone is 4. The molecule has 514 valence electrons. The van der Waals surface area contributed by atoms with E-state index in [1.807, 2.05) is 61.5 Å². The first kappa shape index (κ1) is 73.3. The van der Waals surface area contributed by atoms with Crippen LogP contribution in [0.15, 0.2) is 84.5 Å². The van der Waals surface area contributed by atoms with Gasteiger partial charge in [-0.3, -0.25) is 33.7 Å². The Bertz CT molecular complexity index is 2750. The highest BCUT2D eigenvalue weighted by atomic mass is 16.7. The molecule has 0 bridgehead atoms. The number of nitrogens with one attached hydrogen (secondary N) is 2. The van der Waals surface area contributed by atoms with Crippen LogP contribution in [-0.2, 0) is 102 Å². The number of nitrogens with zero attached hydrogens (tertiary/aromatic N) is 1. The van der Waals surface area contributed by atoms with Crippen LogP contribution in [0.2, 0.25) is 0 Å². The maximum Gasteiger partial charge on any atom is 0.253 e. The number of hydrogen-bond acceptors (Lipinski definition) is 22. The monoisotopic (exact) mass is 1310 g/mol. The van der Waals surface area contributed by atoms with Crippen LogP contribution in [-0.4, -0.2) is 246 Å². The molecule has 4 unspecified atom stereocenters. The number of anilines is 1. The number of ether oxygens (including phenoxy) is 14. The molecule has 3 saturated carbocycles. The molecule has 2 aromatic carbocycles. The highest BCUT2D eigenvalue weighted by molar-refractivity contribution is 6.13. The molecule has 2 aromatic rings. The molecule has 25 heteroatoms. The lowest BCUT2D eigenvalue weighted by Crippen LogP contribution is -2.62. The molecule has 9 atom stereocenters. The Balaban J connectivity index is 0.536. The highest BCUT2D eigenvalue weighted by Gasteiger charge is 2.75. The van der Waals surface area contributed by atoms with Crippen LogP contribution in [0.3, 0.4) is 0 Å². The molecule has 0 radical (unpaired) electrons. The number of carbonyl (C=O) groups is 6. The van der Waals surface area contributed by atoms with E-state index >= 15 is 0 Å². The van der Waals surface area contributed by atoms with E-state index in [9.17, 15) is 39.0 Å². The number of aliphatic hydroxyl groups is 2. The van der Waals surface area contributed by atoms with E-state index in [-0.39, 0.29) is 67.3 Å². The summed E-state index contributed by atoms with van der Waals surface area (Å²) in [5.74, 6) is -1.60. The molecule has 4 amide bonds. The lowest BCUT2D eigenvalue weighted by Gasteiger charge is -2.56. The third-order valence-electron chi connectivity index (χ3n) is 17.7. The SMILES string of the molecule is C[C@]12C[C@H](O)C3C(CCC4=CC(=O)C=C[C@@H]43)C1CC1O[C@@H](c3ccc(Cc4cccc(NC(=O)CCOCCOCCOCCOCCOCCOCCOCCOCCOCCOCCOCCOCCNC(=O)CCN5C(=O)C=CC5=O)c4)cc3)O[C@]12C(=O)CO. The predicted octanol–water partition coefficient (Wildman–Crippen LogP) is 3.45. The maximum absolute atomic E-state index is 13.9. The minimum atomic E-state index is -1.41. The molecule has 93 heavy (non-hydrogen) atoms. The van der Waals surface area contributed by atoms with Crippen LogP contribution in [0, 0.1) is 29.1 Å². The van der Waals surface area contributed by atoms with Gasteiger partial charge in [0.15, 0.2) is 23.5 Å². The van der Waals surface area contributed by atoms with Crippen molar-refractivity contribution in [3.05, 3.63) is 101 Å². The minimum absolute atomic E-state index is 0.00713. The van der Waals surface area contributed by atoms with Crippen LogP contribution < -0.4 is 10.6 Å². The minimum Gasteiger partial charge on any atom is -0.393 e. The summed E-state index contributed by atoms with van der Waals surface area (Å²) in [6.45, 7) is 11.6. The topological polar surface area (TPSA) is 299 Å². The molecular formula is C68H95N3O22. The van der Waals surface area contributed by atoms with Crippen molar-refractivity contribution in [3.63, 3.8) is 0 Å². The van der Waals surface area contributed by atoms with Gasteiger partial charge in [0, 0.05) is 54.2 Å². The van der Waals surface area contributed by atoms with Gasteiger partial charge in [-0.25, -0.2) is 0 Å². The summed E-state index contributed by atoms with van der Waals surface area (Å²) in [5.41, 5.74) is 2.37. The molecule has 1 saturated heterocycles.